The van der Waals surface area contributed by atoms with Crippen molar-refractivity contribution >= 4 is 40.9 Å². The molecule has 1 saturated heterocycles. The molecule has 2 N–H and O–H groups in total. The lowest BCUT2D eigenvalue weighted by atomic mass is 9.79. The Labute approximate surface area is 235 Å². The van der Waals surface area contributed by atoms with Crippen LogP contribution in [0.5, 0.6) is 0 Å². The Morgan fingerprint density at radius 3 is 2.42 bits per heavy atom. The molecule has 2 aromatic heterocycles. The molecule has 0 spiro atoms. The van der Waals surface area contributed by atoms with E-state index >= 15 is 0 Å². The molecule has 40 heavy (non-hydrogen) atoms. The van der Waals surface area contributed by atoms with Gasteiger partial charge in [0.25, 0.3) is 0 Å². The number of nitrogens with zero attached hydrogens (tertiary/aromatic N) is 4. The summed E-state index contributed by atoms with van der Waals surface area (Å²) in [6.07, 6.45) is 4.05. The van der Waals surface area contributed by atoms with Gasteiger partial charge >= 0.3 is 7.12 Å². The van der Waals surface area contributed by atoms with E-state index in [4.69, 9.17) is 25.0 Å². The Balaban J connectivity index is 1.45. The molecule has 0 unspecified atom stereocenters. The zero-order valence-corrected chi connectivity index (χ0v) is 24.1. The minimum atomic E-state index is -0.448. The molecule has 1 amide bonds. The second kappa shape index (κ2) is 9.46. The highest BCUT2D eigenvalue weighted by atomic mass is 16.7. The number of amides is 1. The molecule has 1 aliphatic heterocycles. The summed E-state index contributed by atoms with van der Waals surface area (Å²) in [5, 5.41) is 0.804. The van der Waals surface area contributed by atoms with Gasteiger partial charge in [0.1, 0.15) is 5.82 Å². The van der Waals surface area contributed by atoms with Crippen LogP contribution in [0.2, 0.25) is 0 Å². The molecule has 4 aromatic rings. The third kappa shape index (κ3) is 4.28. The van der Waals surface area contributed by atoms with Crippen molar-refractivity contribution in [2.45, 2.75) is 71.5 Å². The fourth-order valence-corrected chi connectivity index (χ4v) is 5.76. The maximum absolute atomic E-state index is 12.1. The van der Waals surface area contributed by atoms with Crippen LogP contribution in [-0.4, -0.2) is 45.8 Å². The number of rotatable bonds is 5. The summed E-state index contributed by atoms with van der Waals surface area (Å²) < 4.78 is 14.7. The average Bonchev–Trinajstić information content (AvgIpc) is 3.37. The molecule has 8 nitrogen and oxygen atoms in total. The van der Waals surface area contributed by atoms with Crippen LogP contribution >= 0.6 is 0 Å². The van der Waals surface area contributed by atoms with Gasteiger partial charge in [0, 0.05) is 34.9 Å². The van der Waals surface area contributed by atoms with E-state index in [1.54, 1.807) is 6.07 Å². The minimum absolute atomic E-state index is 0.411. The van der Waals surface area contributed by atoms with Gasteiger partial charge in [0.15, 0.2) is 0 Å². The van der Waals surface area contributed by atoms with Crippen molar-refractivity contribution in [2.24, 2.45) is 5.73 Å². The first-order valence-corrected chi connectivity index (χ1v) is 14.0. The summed E-state index contributed by atoms with van der Waals surface area (Å²) in [6, 6.07) is 15.9. The first-order chi connectivity index (χ1) is 19.0. The van der Waals surface area contributed by atoms with Crippen LogP contribution in [0.1, 0.15) is 67.8 Å². The van der Waals surface area contributed by atoms with Crippen LogP contribution < -0.4 is 16.1 Å². The zero-order chi connectivity index (χ0) is 28.4. The van der Waals surface area contributed by atoms with E-state index in [9.17, 15) is 4.79 Å². The lowest BCUT2D eigenvalue weighted by Crippen LogP contribution is -2.41. The van der Waals surface area contributed by atoms with Crippen molar-refractivity contribution in [3.8, 4) is 5.95 Å². The second-order valence-corrected chi connectivity index (χ2v) is 11.9. The molecule has 9 heteroatoms. The number of aromatic nitrogens is 3. The lowest BCUT2D eigenvalue weighted by molar-refractivity contribution is 0.00578. The molecule has 1 aliphatic carbocycles. The van der Waals surface area contributed by atoms with E-state index in [-0.39, 0.29) is 0 Å². The summed E-state index contributed by atoms with van der Waals surface area (Å²) in [5.41, 5.74) is 11.4. The molecule has 0 saturated carbocycles. The van der Waals surface area contributed by atoms with Crippen LogP contribution in [0.3, 0.4) is 0 Å². The van der Waals surface area contributed by atoms with Crippen molar-refractivity contribution in [1.82, 2.24) is 14.5 Å². The number of hydrogen-bond acceptors (Lipinski definition) is 6. The van der Waals surface area contributed by atoms with Gasteiger partial charge in [-0.3, -0.25) is 9.36 Å². The Morgan fingerprint density at radius 1 is 1.00 bits per heavy atom. The number of fused-ring (bicyclic) bond motifs is 2. The molecule has 2 aliphatic rings. The molecular weight excluding hydrogens is 501 g/mol. The summed E-state index contributed by atoms with van der Waals surface area (Å²) >= 11 is 0. The standard InChI is InChI=1S/C31H36BN5O3/c1-19-17-24-22(27(33)38)14-10-16-26(24)37(19)29-34-25-15-8-7-13-23(25)28(35-29)36(6)21-12-9-11-20(18-21)32-39-30(2,3)31(4,5)40-32/h9-12,14,16-18H,7-8,13,15H2,1-6H3,(H2,33,38). The summed E-state index contributed by atoms with van der Waals surface area (Å²) in [5.74, 6) is 1.04. The highest BCUT2D eigenvalue weighted by molar-refractivity contribution is 6.62. The Morgan fingerprint density at radius 2 is 1.70 bits per heavy atom. The highest BCUT2D eigenvalue weighted by Gasteiger charge is 2.51. The Kier molecular flexibility index (Phi) is 6.27. The molecular formula is C31H36BN5O3. The molecule has 3 heterocycles. The van der Waals surface area contributed by atoms with Crippen molar-refractivity contribution in [2.75, 3.05) is 11.9 Å². The predicted molar refractivity (Wildman–Crippen MR) is 159 cm³/mol. The first kappa shape index (κ1) is 26.5. The van der Waals surface area contributed by atoms with Crippen LogP contribution in [0, 0.1) is 6.92 Å². The van der Waals surface area contributed by atoms with Crippen molar-refractivity contribution in [3.05, 3.63) is 71.0 Å². The van der Waals surface area contributed by atoms with E-state index in [1.807, 2.05) is 41.8 Å². The summed E-state index contributed by atoms with van der Waals surface area (Å²) in [7, 11) is 1.61. The van der Waals surface area contributed by atoms with E-state index in [1.165, 1.54) is 5.56 Å². The number of carbonyl (C=O) groups is 1. The van der Waals surface area contributed by atoms with Gasteiger partial charge in [0.05, 0.1) is 22.4 Å². The number of anilines is 2. The van der Waals surface area contributed by atoms with Gasteiger partial charge in [-0.1, -0.05) is 18.2 Å². The first-order valence-electron chi connectivity index (χ1n) is 14.0. The van der Waals surface area contributed by atoms with Gasteiger partial charge in [-0.25, -0.2) is 4.98 Å². The normalized spacial score (nSPS) is 17.7. The molecule has 0 bridgehead atoms. The van der Waals surface area contributed by atoms with Gasteiger partial charge < -0.3 is 19.9 Å². The fraction of sp³-hybridized carbons (Fsp3) is 0.387. The number of primary amides is 1. The average molecular weight is 537 g/mol. The van der Waals surface area contributed by atoms with Crippen LogP contribution in [0.4, 0.5) is 11.5 Å². The molecule has 0 radical (unpaired) electrons. The van der Waals surface area contributed by atoms with E-state index in [2.05, 4.69) is 51.8 Å². The van der Waals surface area contributed by atoms with Crippen LogP contribution in [-0.2, 0) is 22.2 Å². The maximum Gasteiger partial charge on any atom is 0.494 e. The summed E-state index contributed by atoms with van der Waals surface area (Å²) in [6.45, 7) is 10.3. The largest absolute Gasteiger partial charge is 0.494 e. The smallest absolute Gasteiger partial charge is 0.399 e. The van der Waals surface area contributed by atoms with Crippen LogP contribution in [0.25, 0.3) is 16.9 Å². The third-order valence-corrected chi connectivity index (χ3v) is 8.75. The SMILES string of the molecule is Cc1cc2c(C(N)=O)cccc2n1-c1nc2c(c(N(C)c3cccc(B4OC(C)(C)C(C)(C)O4)c3)n1)CCCC2. The number of carbonyl (C=O) groups excluding carboxylic acids is 1. The van der Waals surface area contributed by atoms with Crippen molar-refractivity contribution in [3.63, 3.8) is 0 Å². The molecule has 0 atom stereocenters. The van der Waals surface area contributed by atoms with Gasteiger partial charge in [0.2, 0.25) is 11.9 Å². The third-order valence-electron chi connectivity index (χ3n) is 8.75. The Hall–Kier alpha value is -3.69. The Bertz CT molecular complexity index is 1630. The van der Waals surface area contributed by atoms with Crippen molar-refractivity contribution in [1.29, 1.82) is 0 Å². The number of nitrogens with two attached hydrogens (primary N) is 1. The predicted octanol–water partition coefficient (Wildman–Crippen LogP) is 4.77. The molecule has 2 aromatic carbocycles. The number of aryl methyl sites for hydroxylation is 2. The van der Waals surface area contributed by atoms with E-state index < -0.39 is 24.2 Å². The fourth-order valence-electron chi connectivity index (χ4n) is 5.76. The van der Waals surface area contributed by atoms with Gasteiger partial charge in [-0.15, -0.1) is 0 Å². The topological polar surface area (TPSA) is 95.5 Å². The monoisotopic (exact) mass is 537 g/mol. The molecule has 6 rings (SSSR count). The molecule has 1 fully saturated rings. The number of hydrogen-bond donors (Lipinski definition) is 1. The van der Waals surface area contributed by atoms with Gasteiger partial charge in [-0.05, 0) is 96.1 Å². The lowest BCUT2D eigenvalue weighted by Gasteiger charge is -2.32. The minimum Gasteiger partial charge on any atom is -0.399 e. The van der Waals surface area contributed by atoms with E-state index in [0.717, 1.165) is 64.9 Å². The molecule has 206 valence electrons. The van der Waals surface area contributed by atoms with Crippen molar-refractivity contribution < 1.29 is 14.1 Å². The second-order valence-electron chi connectivity index (χ2n) is 11.9. The van der Waals surface area contributed by atoms with Gasteiger partial charge in [-0.2, -0.15) is 4.98 Å². The highest BCUT2D eigenvalue weighted by Crippen LogP contribution is 2.37. The zero-order valence-electron chi connectivity index (χ0n) is 24.1. The van der Waals surface area contributed by atoms with Crippen LogP contribution in [0.15, 0.2) is 48.5 Å². The maximum atomic E-state index is 12.1. The number of benzene rings is 2. The quantitative estimate of drug-likeness (QED) is 0.369. The summed E-state index contributed by atoms with van der Waals surface area (Å²) in [4.78, 5) is 24.5. The van der Waals surface area contributed by atoms with E-state index in [0.29, 0.717) is 11.5 Å².